The van der Waals surface area contributed by atoms with Crippen molar-refractivity contribution in [2.45, 2.75) is 69.5 Å². The standard InChI is InChI=1S/C32H31Cl2N3O6/c1-40-24-13-20(30(38)39)12-19-4-5-25(36-27(19)24)41-17-31-6-9-32(10-7-31,11-8-31)42-16-21-28(37-43-29(21)18-2-3-18)26-22(33)14-35-15-23(26)34/h4-5,12-15,18H,2-3,6-11,16-17H2,1H3,(H,38,39). The molecule has 4 saturated carbocycles. The Morgan fingerprint density at radius 2 is 1.79 bits per heavy atom. The summed E-state index contributed by atoms with van der Waals surface area (Å²) in [6, 6.07) is 6.69. The van der Waals surface area contributed by atoms with E-state index in [-0.39, 0.29) is 16.6 Å². The van der Waals surface area contributed by atoms with E-state index in [4.69, 9.17) is 41.9 Å². The molecule has 1 N–H and O–H groups in total. The summed E-state index contributed by atoms with van der Waals surface area (Å²) in [5, 5.41) is 15.3. The largest absolute Gasteiger partial charge is 0.494 e. The van der Waals surface area contributed by atoms with Gasteiger partial charge in [0.25, 0.3) is 0 Å². The summed E-state index contributed by atoms with van der Waals surface area (Å²) in [6.07, 6.45) is 11.1. The Hall–Kier alpha value is -3.40. The number of nitrogens with zero attached hydrogens (tertiary/aromatic N) is 3. The highest BCUT2D eigenvalue weighted by Gasteiger charge is 2.50. The molecule has 4 aliphatic rings. The molecule has 11 heteroatoms. The summed E-state index contributed by atoms with van der Waals surface area (Å²) < 4.78 is 24.3. The number of hydrogen-bond donors (Lipinski definition) is 1. The van der Waals surface area contributed by atoms with E-state index in [0.29, 0.717) is 63.0 Å². The Morgan fingerprint density at radius 3 is 2.44 bits per heavy atom. The number of carbonyl (C=O) groups is 1. The maximum Gasteiger partial charge on any atom is 0.335 e. The molecular weight excluding hydrogens is 593 g/mol. The van der Waals surface area contributed by atoms with Gasteiger partial charge in [0.15, 0.2) is 0 Å². The Labute approximate surface area is 258 Å². The van der Waals surface area contributed by atoms with E-state index in [1.54, 1.807) is 24.5 Å². The van der Waals surface area contributed by atoms with Crippen molar-refractivity contribution in [3.05, 3.63) is 63.6 Å². The van der Waals surface area contributed by atoms with Gasteiger partial charge < -0.3 is 23.8 Å². The van der Waals surface area contributed by atoms with Crippen molar-refractivity contribution in [2.75, 3.05) is 13.7 Å². The van der Waals surface area contributed by atoms with Crippen molar-refractivity contribution >= 4 is 40.1 Å². The highest BCUT2D eigenvalue weighted by atomic mass is 35.5. The second-order valence-electron chi connectivity index (χ2n) is 12.1. The normalized spacial score (nSPS) is 23.0. The third-order valence-electron chi connectivity index (χ3n) is 9.44. The summed E-state index contributed by atoms with van der Waals surface area (Å²) >= 11 is 13.0. The Kier molecular flexibility index (Phi) is 7.22. The molecule has 3 heterocycles. The molecule has 0 spiro atoms. The molecule has 8 rings (SSSR count). The van der Waals surface area contributed by atoms with E-state index >= 15 is 0 Å². The van der Waals surface area contributed by atoms with Gasteiger partial charge in [-0.15, -0.1) is 0 Å². The predicted molar refractivity (Wildman–Crippen MR) is 160 cm³/mol. The van der Waals surface area contributed by atoms with Crippen molar-refractivity contribution in [3.63, 3.8) is 0 Å². The number of ether oxygens (including phenoxy) is 3. The predicted octanol–water partition coefficient (Wildman–Crippen LogP) is 7.86. The third kappa shape index (κ3) is 5.32. The first-order valence-electron chi connectivity index (χ1n) is 14.6. The molecule has 4 aliphatic carbocycles. The van der Waals surface area contributed by atoms with Crippen LogP contribution in [0.1, 0.15) is 79.0 Å². The van der Waals surface area contributed by atoms with E-state index in [1.807, 2.05) is 6.07 Å². The van der Waals surface area contributed by atoms with Crippen LogP contribution < -0.4 is 9.47 Å². The number of pyridine rings is 2. The first kappa shape index (κ1) is 28.4. The monoisotopic (exact) mass is 623 g/mol. The molecule has 224 valence electrons. The quantitative estimate of drug-likeness (QED) is 0.188. The molecule has 4 aromatic rings. The lowest BCUT2D eigenvalue weighted by atomic mass is 9.59. The van der Waals surface area contributed by atoms with Crippen LogP contribution in [0.3, 0.4) is 0 Å². The van der Waals surface area contributed by atoms with Gasteiger partial charge in [-0.25, -0.2) is 9.78 Å². The van der Waals surface area contributed by atoms with Crippen LogP contribution in [-0.2, 0) is 11.3 Å². The number of benzene rings is 1. The summed E-state index contributed by atoms with van der Waals surface area (Å²) in [4.78, 5) is 20.2. The van der Waals surface area contributed by atoms with Crippen molar-refractivity contribution < 1.29 is 28.6 Å². The molecule has 1 aromatic carbocycles. The highest BCUT2D eigenvalue weighted by molar-refractivity contribution is 6.38. The van der Waals surface area contributed by atoms with E-state index in [0.717, 1.165) is 62.7 Å². The van der Waals surface area contributed by atoms with Gasteiger partial charge in [0.05, 0.1) is 41.5 Å². The summed E-state index contributed by atoms with van der Waals surface area (Å²) in [5.74, 6) is 1.14. The zero-order valence-electron chi connectivity index (χ0n) is 23.7. The molecule has 0 saturated heterocycles. The van der Waals surface area contributed by atoms with Crippen LogP contribution in [-0.4, -0.2) is 45.5 Å². The van der Waals surface area contributed by atoms with Crippen LogP contribution >= 0.6 is 23.2 Å². The fraction of sp³-hybridized carbons (Fsp3) is 0.438. The SMILES string of the molecule is COc1cc(C(=O)O)cc2ccc(OCC34CCC(OCc5c(-c6c(Cl)cncc6Cl)noc5C5CC5)(CC3)CC4)nc12. The zero-order valence-corrected chi connectivity index (χ0v) is 25.2. The number of carboxylic acid groups (broad SMARTS) is 1. The van der Waals surface area contributed by atoms with Crippen LogP contribution in [0.15, 0.2) is 41.2 Å². The van der Waals surface area contributed by atoms with Gasteiger partial charge in [0, 0.05) is 46.3 Å². The molecule has 3 aromatic heterocycles. The van der Waals surface area contributed by atoms with Gasteiger partial charge >= 0.3 is 5.97 Å². The molecule has 0 unspecified atom stereocenters. The highest BCUT2D eigenvalue weighted by Crippen LogP contribution is 2.55. The van der Waals surface area contributed by atoms with Crippen LogP contribution in [0.4, 0.5) is 0 Å². The molecule has 43 heavy (non-hydrogen) atoms. The molecule has 2 bridgehead atoms. The van der Waals surface area contributed by atoms with Crippen molar-refractivity contribution in [2.24, 2.45) is 5.41 Å². The van der Waals surface area contributed by atoms with Gasteiger partial charge in [0.2, 0.25) is 5.88 Å². The first-order chi connectivity index (χ1) is 20.8. The zero-order chi connectivity index (χ0) is 29.8. The summed E-state index contributed by atoms with van der Waals surface area (Å²) in [5.41, 5.74) is 2.82. The van der Waals surface area contributed by atoms with Crippen molar-refractivity contribution in [1.29, 1.82) is 0 Å². The number of carboxylic acids is 1. The minimum absolute atomic E-state index is 0.0681. The Balaban J connectivity index is 1.03. The lowest BCUT2D eigenvalue weighted by Crippen LogP contribution is -2.49. The van der Waals surface area contributed by atoms with Gasteiger partial charge in [0.1, 0.15) is 22.7 Å². The van der Waals surface area contributed by atoms with E-state index in [2.05, 4.69) is 15.1 Å². The third-order valence-corrected chi connectivity index (χ3v) is 10.0. The topological polar surface area (TPSA) is 117 Å². The second kappa shape index (κ2) is 10.9. The number of hydrogen-bond acceptors (Lipinski definition) is 8. The van der Waals surface area contributed by atoms with Gasteiger partial charge in [-0.3, -0.25) is 4.98 Å². The van der Waals surface area contributed by atoms with Crippen LogP contribution in [0.5, 0.6) is 11.6 Å². The fourth-order valence-electron chi connectivity index (χ4n) is 6.62. The van der Waals surface area contributed by atoms with Gasteiger partial charge in [-0.1, -0.05) is 28.4 Å². The first-order valence-corrected chi connectivity index (χ1v) is 15.3. The van der Waals surface area contributed by atoms with E-state index in [9.17, 15) is 9.90 Å². The van der Waals surface area contributed by atoms with E-state index < -0.39 is 5.97 Å². The lowest BCUT2D eigenvalue weighted by molar-refractivity contribution is -0.150. The minimum atomic E-state index is -1.01. The molecule has 9 nitrogen and oxygen atoms in total. The molecule has 0 atom stereocenters. The number of rotatable bonds is 10. The number of aromatic nitrogens is 3. The van der Waals surface area contributed by atoms with Crippen LogP contribution in [0.25, 0.3) is 22.2 Å². The molecular formula is C32H31Cl2N3O6. The van der Waals surface area contributed by atoms with Crippen LogP contribution in [0, 0.1) is 5.41 Å². The fourth-order valence-corrected chi connectivity index (χ4v) is 7.16. The summed E-state index contributed by atoms with van der Waals surface area (Å²) in [6.45, 7) is 0.966. The lowest BCUT2D eigenvalue weighted by Gasteiger charge is -2.52. The maximum atomic E-state index is 11.5. The molecule has 0 radical (unpaired) electrons. The minimum Gasteiger partial charge on any atom is -0.494 e. The second-order valence-corrected chi connectivity index (χ2v) is 12.9. The number of fused-ring (bicyclic) bond motifs is 4. The van der Waals surface area contributed by atoms with Gasteiger partial charge in [-0.2, -0.15) is 0 Å². The number of halogens is 2. The maximum absolute atomic E-state index is 11.5. The number of methoxy groups -OCH3 is 1. The molecule has 0 aliphatic heterocycles. The Bertz CT molecular complexity index is 1670. The number of aromatic carboxylic acids is 1. The smallest absolute Gasteiger partial charge is 0.335 e. The Morgan fingerprint density at radius 1 is 1.07 bits per heavy atom. The molecule has 4 fully saturated rings. The molecule has 0 amide bonds. The summed E-state index contributed by atoms with van der Waals surface area (Å²) in [7, 11) is 1.51. The average Bonchev–Trinajstić information content (AvgIpc) is 3.79. The van der Waals surface area contributed by atoms with Gasteiger partial charge in [-0.05, 0) is 69.6 Å². The van der Waals surface area contributed by atoms with Crippen molar-refractivity contribution in [3.8, 4) is 22.9 Å². The van der Waals surface area contributed by atoms with Crippen molar-refractivity contribution in [1.82, 2.24) is 15.1 Å². The average molecular weight is 625 g/mol. The van der Waals surface area contributed by atoms with E-state index in [1.165, 1.54) is 13.2 Å². The van der Waals surface area contributed by atoms with Crippen LogP contribution in [0.2, 0.25) is 10.0 Å².